The standard InChI is InChI=1S/C21H34N6.2ClH/c1-4-5-11-27-20-18(17(25-27)12-16(2)3)19(23-15-24-20)26-10-6-7-21(14-26)8-9-22-13-21;;/h15-16,22H,4-14H2,1-3H3;2*1H. The van der Waals surface area contributed by atoms with Crippen molar-refractivity contribution in [2.75, 3.05) is 31.1 Å². The second kappa shape index (κ2) is 10.3. The minimum Gasteiger partial charge on any atom is -0.355 e. The highest BCUT2D eigenvalue weighted by Crippen LogP contribution is 2.39. The second-order valence-corrected chi connectivity index (χ2v) is 8.97. The molecule has 0 aliphatic carbocycles. The van der Waals surface area contributed by atoms with Gasteiger partial charge in [0.25, 0.3) is 0 Å². The molecule has 1 atom stereocenters. The molecule has 2 aromatic rings. The van der Waals surface area contributed by atoms with Crippen molar-refractivity contribution in [2.24, 2.45) is 11.3 Å². The summed E-state index contributed by atoms with van der Waals surface area (Å²) in [5.74, 6) is 1.69. The van der Waals surface area contributed by atoms with E-state index in [9.17, 15) is 0 Å². The van der Waals surface area contributed by atoms with Crippen LogP contribution in [0.1, 0.15) is 58.6 Å². The summed E-state index contributed by atoms with van der Waals surface area (Å²) in [7, 11) is 0. The van der Waals surface area contributed by atoms with Crippen molar-refractivity contribution in [3.63, 3.8) is 0 Å². The number of nitrogens with zero attached hydrogens (tertiary/aromatic N) is 5. The molecule has 2 saturated heterocycles. The van der Waals surface area contributed by atoms with E-state index in [2.05, 4.69) is 40.7 Å². The predicted molar refractivity (Wildman–Crippen MR) is 125 cm³/mol. The number of unbranched alkanes of at least 4 members (excludes halogenated alkanes) is 1. The summed E-state index contributed by atoms with van der Waals surface area (Å²) in [6.07, 6.45) is 8.89. The van der Waals surface area contributed by atoms with E-state index in [0.717, 1.165) is 57.0 Å². The third-order valence-electron chi connectivity index (χ3n) is 6.20. The average Bonchev–Trinajstić information content (AvgIpc) is 3.24. The zero-order valence-corrected chi connectivity index (χ0v) is 19.6. The van der Waals surface area contributed by atoms with E-state index in [0.29, 0.717) is 11.3 Å². The van der Waals surface area contributed by atoms with E-state index in [1.165, 1.54) is 36.8 Å². The Balaban J connectivity index is 0.00000150. The van der Waals surface area contributed by atoms with Gasteiger partial charge in [-0.3, -0.25) is 0 Å². The molecule has 2 aliphatic heterocycles. The Morgan fingerprint density at radius 3 is 2.72 bits per heavy atom. The van der Waals surface area contributed by atoms with Gasteiger partial charge in [-0.1, -0.05) is 27.2 Å². The van der Waals surface area contributed by atoms with Crippen molar-refractivity contribution in [1.29, 1.82) is 0 Å². The monoisotopic (exact) mass is 442 g/mol. The molecular formula is C21H36Cl2N6. The Hall–Kier alpha value is -1.11. The highest BCUT2D eigenvalue weighted by molar-refractivity contribution is 5.90. The fraction of sp³-hybridized carbons (Fsp3) is 0.762. The fourth-order valence-electron chi connectivity index (χ4n) is 4.83. The maximum atomic E-state index is 4.99. The van der Waals surface area contributed by atoms with Gasteiger partial charge in [0.05, 0.1) is 11.1 Å². The number of aromatic nitrogens is 4. The summed E-state index contributed by atoms with van der Waals surface area (Å²) < 4.78 is 2.12. The Morgan fingerprint density at radius 1 is 1.21 bits per heavy atom. The zero-order valence-electron chi connectivity index (χ0n) is 18.0. The van der Waals surface area contributed by atoms with E-state index in [1.807, 2.05) is 0 Å². The van der Waals surface area contributed by atoms with E-state index >= 15 is 0 Å². The van der Waals surface area contributed by atoms with Gasteiger partial charge in [0.2, 0.25) is 0 Å². The van der Waals surface area contributed by atoms with E-state index in [1.54, 1.807) is 6.33 Å². The lowest BCUT2D eigenvalue weighted by Gasteiger charge is -2.40. The van der Waals surface area contributed by atoms with Crippen LogP contribution < -0.4 is 10.2 Å². The summed E-state index contributed by atoms with van der Waals surface area (Å²) in [4.78, 5) is 12.0. The summed E-state index contributed by atoms with van der Waals surface area (Å²) in [5.41, 5.74) is 2.62. The molecule has 8 heteroatoms. The van der Waals surface area contributed by atoms with Gasteiger partial charge in [0.1, 0.15) is 12.1 Å². The molecule has 0 saturated carbocycles. The first-order valence-electron chi connectivity index (χ1n) is 10.8. The molecule has 164 valence electrons. The molecule has 4 heterocycles. The largest absolute Gasteiger partial charge is 0.355 e. The summed E-state index contributed by atoms with van der Waals surface area (Å²) >= 11 is 0. The number of hydrogen-bond donors (Lipinski definition) is 1. The van der Waals surface area contributed by atoms with Gasteiger partial charge in [-0.2, -0.15) is 5.10 Å². The van der Waals surface area contributed by atoms with Crippen molar-refractivity contribution in [3.8, 4) is 0 Å². The zero-order chi connectivity index (χ0) is 18.9. The van der Waals surface area contributed by atoms with Gasteiger partial charge in [0, 0.05) is 31.6 Å². The number of fused-ring (bicyclic) bond motifs is 1. The number of aryl methyl sites for hydroxylation is 1. The van der Waals surface area contributed by atoms with E-state index in [-0.39, 0.29) is 24.8 Å². The molecule has 6 nitrogen and oxygen atoms in total. The third-order valence-corrected chi connectivity index (χ3v) is 6.20. The van der Waals surface area contributed by atoms with Crippen LogP contribution in [0.4, 0.5) is 5.82 Å². The number of hydrogen-bond acceptors (Lipinski definition) is 5. The normalized spacial score (nSPS) is 21.6. The first kappa shape index (κ1) is 24.2. The Bertz CT molecular complexity index is 785. The molecule has 0 bridgehead atoms. The summed E-state index contributed by atoms with van der Waals surface area (Å²) in [5, 5.41) is 9.77. The first-order chi connectivity index (χ1) is 13.1. The van der Waals surface area contributed by atoms with Crippen molar-refractivity contribution < 1.29 is 0 Å². The van der Waals surface area contributed by atoms with Gasteiger partial charge >= 0.3 is 0 Å². The first-order valence-corrected chi connectivity index (χ1v) is 10.8. The maximum absolute atomic E-state index is 4.99. The van der Waals surface area contributed by atoms with Gasteiger partial charge in [0.15, 0.2) is 5.65 Å². The average molecular weight is 443 g/mol. The summed E-state index contributed by atoms with van der Waals surface area (Å²) in [6.45, 7) is 12.2. The van der Waals surface area contributed by atoms with E-state index in [4.69, 9.17) is 10.1 Å². The molecule has 0 amide bonds. The van der Waals surface area contributed by atoms with Crippen LogP contribution in [0.2, 0.25) is 0 Å². The molecule has 0 radical (unpaired) electrons. The quantitative estimate of drug-likeness (QED) is 0.724. The van der Waals surface area contributed by atoms with Crippen molar-refractivity contribution in [3.05, 3.63) is 12.0 Å². The molecule has 2 fully saturated rings. The maximum Gasteiger partial charge on any atom is 0.163 e. The van der Waals surface area contributed by atoms with Gasteiger partial charge in [-0.05, 0) is 44.6 Å². The Kier molecular flexibility index (Phi) is 8.56. The smallest absolute Gasteiger partial charge is 0.163 e. The molecule has 1 unspecified atom stereocenters. The lowest BCUT2D eigenvalue weighted by Crippen LogP contribution is -2.45. The number of piperidine rings is 1. The van der Waals surface area contributed by atoms with Crippen LogP contribution in [0, 0.1) is 11.3 Å². The molecule has 4 rings (SSSR count). The number of rotatable bonds is 6. The molecular weight excluding hydrogens is 407 g/mol. The van der Waals surface area contributed by atoms with Crippen LogP contribution in [0.15, 0.2) is 6.33 Å². The van der Waals surface area contributed by atoms with Gasteiger partial charge in [-0.15, -0.1) is 24.8 Å². The highest BCUT2D eigenvalue weighted by Gasteiger charge is 2.39. The van der Waals surface area contributed by atoms with Crippen molar-refractivity contribution >= 4 is 41.7 Å². The summed E-state index contributed by atoms with van der Waals surface area (Å²) in [6, 6.07) is 0. The van der Waals surface area contributed by atoms with Crippen LogP contribution in [0.25, 0.3) is 11.0 Å². The fourth-order valence-corrected chi connectivity index (χ4v) is 4.83. The topological polar surface area (TPSA) is 58.9 Å². The molecule has 1 spiro atoms. The van der Waals surface area contributed by atoms with Crippen LogP contribution in [0.3, 0.4) is 0 Å². The van der Waals surface area contributed by atoms with Crippen molar-refractivity contribution in [2.45, 2.75) is 65.8 Å². The minimum atomic E-state index is 0. The molecule has 0 aromatic carbocycles. The Labute approximate surface area is 187 Å². The minimum absolute atomic E-state index is 0. The van der Waals surface area contributed by atoms with Crippen LogP contribution in [0.5, 0.6) is 0 Å². The number of halogens is 2. The SMILES string of the molecule is CCCCn1nc(CC(C)C)c2c(N3CCCC4(CCNC4)C3)ncnc21.Cl.Cl. The molecule has 2 aromatic heterocycles. The van der Waals surface area contributed by atoms with Gasteiger partial charge < -0.3 is 10.2 Å². The van der Waals surface area contributed by atoms with Crippen LogP contribution >= 0.6 is 24.8 Å². The lowest BCUT2D eigenvalue weighted by atomic mass is 9.79. The molecule has 2 aliphatic rings. The van der Waals surface area contributed by atoms with Crippen molar-refractivity contribution in [1.82, 2.24) is 25.1 Å². The number of anilines is 1. The molecule has 1 N–H and O–H groups in total. The van der Waals surface area contributed by atoms with Gasteiger partial charge in [-0.25, -0.2) is 14.6 Å². The van der Waals surface area contributed by atoms with Crippen LogP contribution in [-0.2, 0) is 13.0 Å². The highest BCUT2D eigenvalue weighted by atomic mass is 35.5. The number of nitrogens with one attached hydrogen (secondary N) is 1. The molecule has 29 heavy (non-hydrogen) atoms. The van der Waals surface area contributed by atoms with Crippen LogP contribution in [-0.4, -0.2) is 45.9 Å². The predicted octanol–water partition coefficient (Wildman–Crippen LogP) is 4.25. The second-order valence-electron chi connectivity index (χ2n) is 8.97. The third kappa shape index (κ3) is 4.97. The van der Waals surface area contributed by atoms with E-state index < -0.39 is 0 Å². The Morgan fingerprint density at radius 2 is 2.03 bits per heavy atom. The lowest BCUT2D eigenvalue weighted by molar-refractivity contribution is 0.260.